The summed E-state index contributed by atoms with van der Waals surface area (Å²) in [6, 6.07) is 21.9. The average Bonchev–Trinajstić information content (AvgIpc) is 3.56. The second-order valence-electron chi connectivity index (χ2n) is 8.87. The highest BCUT2D eigenvalue weighted by Gasteiger charge is 2.17. The number of rotatable bonds is 11. The molecule has 37 heavy (non-hydrogen) atoms. The van der Waals surface area contributed by atoms with Crippen LogP contribution in [0, 0.1) is 0 Å². The van der Waals surface area contributed by atoms with Gasteiger partial charge in [-0.2, -0.15) is 0 Å². The molecular weight excluding hydrogens is 486 g/mol. The number of aromatic nitrogens is 3. The predicted molar refractivity (Wildman–Crippen MR) is 144 cm³/mol. The van der Waals surface area contributed by atoms with Crippen molar-refractivity contribution in [2.45, 2.75) is 25.9 Å². The van der Waals surface area contributed by atoms with Gasteiger partial charge < -0.3 is 14.7 Å². The number of fused-ring (bicyclic) bond motifs is 1. The summed E-state index contributed by atoms with van der Waals surface area (Å²) in [4.78, 5) is 26.9. The highest BCUT2D eigenvalue weighted by Crippen LogP contribution is 2.21. The number of nitrogens with one attached hydrogen (secondary N) is 2. The Labute approximate surface area is 220 Å². The summed E-state index contributed by atoms with van der Waals surface area (Å²) in [5.74, 6) is 0.225. The molecule has 3 aromatic heterocycles. The number of benzene rings is 2. The zero-order valence-electron chi connectivity index (χ0n) is 20.4. The number of para-hydroxylation sites is 1. The third kappa shape index (κ3) is 6.44. The maximum Gasteiger partial charge on any atom is 0.273 e. The predicted octanol–water partition coefficient (Wildman–Crippen LogP) is 5.42. The van der Waals surface area contributed by atoms with Gasteiger partial charge in [0.05, 0.1) is 6.54 Å². The molecule has 0 saturated heterocycles. The molecule has 188 valence electrons. The third-order valence-electron chi connectivity index (χ3n) is 6.26. The van der Waals surface area contributed by atoms with Gasteiger partial charge in [0.15, 0.2) is 5.69 Å². The first-order valence-corrected chi connectivity index (χ1v) is 12.7. The van der Waals surface area contributed by atoms with Crippen molar-refractivity contribution in [2.24, 2.45) is 0 Å². The molecule has 0 saturated carbocycles. The van der Waals surface area contributed by atoms with Crippen molar-refractivity contribution in [3.63, 3.8) is 0 Å². The number of hydrogen-bond acceptors (Lipinski definition) is 5. The molecule has 2 N–H and O–H groups in total. The van der Waals surface area contributed by atoms with Crippen molar-refractivity contribution in [3.05, 3.63) is 119 Å². The lowest BCUT2D eigenvalue weighted by atomic mass is 10.1. The largest absolute Gasteiger partial charge is 0.447 e. The Morgan fingerprint density at radius 3 is 2.68 bits per heavy atom. The van der Waals surface area contributed by atoms with E-state index in [0.717, 1.165) is 34.8 Å². The summed E-state index contributed by atoms with van der Waals surface area (Å²) in [5.41, 5.74) is 4.60. The molecule has 0 bridgehead atoms. The Bertz CT molecular complexity index is 1460. The minimum absolute atomic E-state index is 0.262. The second-order valence-corrected chi connectivity index (χ2v) is 9.27. The minimum Gasteiger partial charge on any atom is -0.447 e. The van der Waals surface area contributed by atoms with Gasteiger partial charge in [0, 0.05) is 60.1 Å². The highest BCUT2D eigenvalue weighted by molar-refractivity contribution is 6.31. The SMILES string of the molecule is O=C(NCCc1ccccn1)c1coc(CN(CCc2c[nH]c3ccccc23)Cc2ccccc2Cl)n1. The van der Waals surface area contributed by atoms with Crippen molar-refractivity contribution >= 4 is 28.4 Å². The fourth-order valence-electron chi connectivity index (χ4n) is 4.32. The summed E-state index contributed by atoms with van der Waals surface area (Å²) < 4.78 is 5.69. The molecule has 0 unspecified atom stereocenters. The monoisotopic (exact) mass is 513 g/mol. The van der Waals surface area contributed by atoms with E-state index in [9.17, 15) is 4.79 Å². The summed E-state index contributed by atoms with van der Waals surface area (Å²) in [6.07, 6.45) is 6.72. The molecule has 8 heteroatoms. The lowest BCUT2D eigenvalue weighted by Crippen LogP contribution is -2.27. The number of H-pyrrole nitrogens is 1. The second kappa shape index (κ2) is 11.9. The number of carbonyl (C=O) groups is 1. The van der Waals surface area contributed by atoms with Crippen LogP contribution in [0.15, 0.2) is 89.8 Å². The van der Waals surface area contributed by atoms with Gasteiger partial charge in [-0.15, -0.1) is 0 Å². The van der Waals surface area contributed by atoms with Crippen LogP contribution in [0.5, 0.6) is 0 Å². The van der Waals surface area contributed by atoms with Crippen LogP contribution in [-0.4, -0.2) is 38.8 Å². The third-order valence-corrected chi connectivity index (χ3v) is 6.63. The molecule has 0 aliphatic carbocycles. The Balaban J connectivity index is 1.24. The van der Waals surface area contributed by atoms with E-state index < -0.39 is 0 Å². The first-order chi connectivity index (χ1) is 18.2. The Kier molecular flexibility index (Phi) is 7.93. The van der Waals surface area contributed by atoms with Crippen LogP contribution in [-0.2, 0) is 25.9 Å². The molecule has 5 rings (SSSR count). The molecule has 0 radical (unpaired) electrons. The van der Waals surface area contributed by atoms with E-state index in [0.29, 0.717) is 31.9 Å². The minimum atomic E-state index is -0.262. The van der Waals surface area contributed by atoms with Crippen LogP contribution >= 0.6 is 11.6 Å². The van der Waals surface area contributed by atoms with Crippen LogP contribution in [0.4, 0.5) is 0 Å². The van der Waals surface area contributed by atoms with Gasteiger partial charge in [-0.3, -0.25) is 14.7 Å². The number of carbonyl (C=O) groups excluding carboxylic acids is 1. The number of oxazole rings is 1. The van der Waals surface area contributed by atoms with E-state index in [1.165, 1.54) is 17.2 Å². The van der Waals surface area contributed by atoms with E-state index >= 15 is 0 Å². The van der Waals surface area contributed by atoms with E-state index in [4.69, 9.17) is 16.0 Å². The van der Waals surface area contributed by atoms with Gasteiger partial charge in [-0.25, -0.2) is 4.98 Å². The van der Waals surface area contributed by atoms with E-state index in [2.05, 4.69) is 49.6 Å². The summed E-state index contributed by atoms with van der Waals surface area (Å²) >= 11 is 6.46. The molecule has 0 aliphatic rings. The first kappa shape index (κ1) is 24.7. The van der Waals surface area contributed by atoms with Crippen LogP contribution in [0.25, 0.3) is 10.9 Å². The van der Waals surface area contributed by atoms with E-state index in [1.807, 2.05) is 48.5 Å². The van der Waals surface area contributed by atoms with Crippen molar-refractivity contribution in [1.82, 2.24) is 25.2 Å². The standard InChI is InChI=1S/C29H28ClN5O2/c30-25-10-3-1-7-22(25)18-35(16-13-21-17-33-26-11-4-2-9-24(21)26)19-28-34-27(20-37-28)29(36)32-15-12-23-8-5-6-14-31-23/h1-11,14,17,20,33H,12-13,15-16,18-19H2,(H,32,36). The molecule has 0 aliphatic heterocycles. The lowest BCUT2D eigenvalue weighted by molar-refractivity contribution is 0.0949. The van der Waals surface area contributed by atoms with Gasteiger partial charge in [-0.1, -0.05) is 54.1 Å². The number of halogens is 1. The van der Waals surface area contributed by atoms with Gasteiger partial charge in [0.2, 0.25) is 5.89 Å². The van der Waals surface area contributed by atoms with Gasteiger partial charge in [0.25, 0.3) is 5.91 Å². The summed E-state index contributed by atoms with van der Waals surface area (Å²) in [5, 5.41) is 4.83. The first-order valence-electron chi connectivity index (χ1n) is 12.3. The van der Waals surface area contributed by atoms with Crippen LogP contribution in [0.2, 0.25) is 5.02 Å². The van der Waals surface area contributed by atoms with Crippen LogP contribution < -0.4 is 5.32 Å². The smallest absolute Gasteiger partial charge is 0.273 e. The topological polar surface area (TPSA) is 87.0 Å². The van der Waals surface area contributed by atoms with Gasteiger partial charge in [0.1, 0.15) is 6.26 Å². The number of pyridine rings is 1. The highest BCUT2D eigenvalue weighted by atomic mass is 35.5. The zero-order valence-corrected chi connectivity index (χ0v) is 21.1. The molecule has 0 fully saturated rings. The average molecular weight is 514 g/mol. The molecule has 1 amide bonds. The molecule has 0 atom stereocenters. The molecule has 5 aromatic rings. The number of hydrogen-bond donors (Lipinski definition) is 2. The Morgan fingerprint density at radius 2 is 1.81 bits per heavy atom. The van der Waals surface area contributed by atoms with E-state index in [1.54, 1.807) is 6.20 Å². The van der Waals surface area contributed by atoms with Crippen LogP contribution in [0.1, 0.15) is 33.2 Å². The molecule has 3 heterocycles. The normalized spacial score (nSPS) is 11.3. The number of aromatic amines is 1. The van der Waals surface area contributed by atoms with Crippen LogP contribution in [0.3, 0.4) is 0 Å². The van der Waals surface area contributed by atoms with Crippen molar-refractivity contribution in [3.8, 4) is 0 Å². The summed E-state index contributed by atoms with van der Waals surface area (Å²) in [6.45, 7) is 2.33. The lowest BCUT2D eigenvalue weighted by Gasteiger charge is -2.21. The maximum atomic E-state index is 12.6. The van der Waals surface area contributed by atoms with Crippen molar-refractivity contribution in [1.29, 1.82) is 0 Å². The van der Waals surface area contributed by atoms with Gasteiger partial charge in [-0.05, 0) is 41.8 Å². The Hall–Kier alpha value is -3.94. The fraction of sp³-hybridized carbons (Fsp3) is 0.207. The maximum absolute atomic E-state index is 12.6. The van der Waals surface area contributed by atoms with Gasteiger partial charge >= 0.3 is 0 Å². The summed E-state index contributed by atoms with van der Waals surface area (Å²) in [7, 11) is 0. The molecule has 0 spiro atoms. The number of amides is 1. The molecule has 7 nitrogen and oxygen atoms in total. The fourth-order valence-corrected chi connectivity index (χ4v) is 4.51. The molecular formula is C29H28ClN5O2. The van der Waals surface area contributed by atoms with E-state index in [-0.39, 0.29) is 11.6 Å². The quantitative estimate of drug-likeness (QED) is 0.246. The number of nitrogens with zero attached hydrogens (tertiary/aromatic N) is 3. The molecule has 2 aromatic carbocycles. The Morgan fingerprint density at radius 1 is 0.973 bits per heavy atom. The zero-order chi connectivity index (χ0) is 25.5. The van der Waals surface area contributed by atoms with Crippen molar-refractivity contribution in [2.75, 3.05) is 13.1 Å². The van der Waals surface area contributed by atoms with Crippen molar-refractivity contribution < 1.29 is 9.21 Å².